The third kappa shape index (κ3) is 28.6. The Kier molecular flexibility index (Phi) is 39.3. The normalized spacial score (nSPS) is 12.9. The summed E-state index contributed by atoms with van der Waals surface area (Å²) in [5.41, 5.74) is 50.8. The summed E-state index contributed by atoms with van der Waals surface area (Å²) in [6, 6.07) is 78.2. The van der Waals surface area contributed by atoms with Crippen molar-refractivity contribution < 1.29 is 0 Å². The largest absolute Gasteiger partial charge is 0.310 e. The highest BCUT2D eigenvalue weighted by molar-refractivity contribution is 7.99. The van der Waals surface area contributed by atoms with Gasteiger partial charge in [0.25, 0.3) is 0 Å². The van der Waals surface area contributed by atoms with Gasteiger partial charge in [-0.3, -0.25) is 0 Å². The van der Waals surface area contributed by atoms with Gasteiger partial charge in [0.15, 0.2) is 0 Å². The monoisotopic (exact) mass is 2030 g/mol. The molecule has 12 aromatic rings. The van der Waals surface area contributed by atoms with Crippen LogP contribution in [0.4, 0.5) is 68.2 Å². The van der Waals surface area contributed by atoms with Gasteiger partial charge in [0, 0.05) is 49.3 Å². The van der Waals surface area contributed by atoms with E-state index >= 15 is 0 Å². The van der Waals surface area contributed by atoms with E-state index in [4.69, 9.17) is 0 Å². The summed E-state index contributed by atoms with van der Waals surface area (Å²) in [5, 5.41) is 0. The predicted octanol–water partition coefficient (Wildman–Crippen LogP) is 44.8. The molecule has 0 unspecified atom stereocenters. The molecule has 1 aliphatic carbocycles. The number of hydrogen-bond acceptors (Lipinski definition) is 6. The molecule has 0 aliphatic heterocycles. The maximum atomic E-state index is 2.72. The standard InChI is InChI=1S/C143H194N4S2/c1-35-37-39-41-49-55-77-143(78-56-50-42-40-38-36-2)127-93-97(3)129(148-79-57-51-45-43-47-53-59-111-61-65-119(66-62-111)144(131-99(5)81-113(82-100(131)6)137(17,18)19)121-69-73-123(74-70-121)146(133-103(9)85-115(86-104(133)10)139(23,24)25)134-105(11)87-116(88-106(134)12)140(26,27)28)95-125(127)126-96-130(98(4)94-128(126)143)149-80-58-52-46-44-48-54-60-112-63-67-120(68-64-112)145(132-101(7)83-114(84-102(132)8)138(20,21)22)122-71-75-124(76-72-122)147(135-107(13)89-117(90-108(135)14)141(29,30)31)136-109(15)91-118(92-110(136)16)142(32,33)34/h61-76,81-96H,35-60,77-80H2,1-34H3. The summed E-state index contributed by atoms with van der Waals surface area (Å²) in [4.78, 5) is 13.2. The van der Waals surface area contributed by atoms with E-state index < -0.39 is 0 Å². The van der Waals surface area contributed by atoms with Crippen molar-refractivity contribution in [2.24, 2.45) is 0 Å². The van der Waals surface area contributed by atoms with Crippen LogP contribution in [0.25, 0.3) is 11.1 Å². The van der Waals surface area contributed by atoms with E-state index in [1.807, 2.05) is 0 Å². The Hall–Kier alpha value is -9.46. The molecule has 4 nitrogen and oxygen atoms in total. The van der Waals surface area contributed by atoms with Crippen molar-refractivity contribution >= 4 is 91.8 Å². The fourth-order valence-electron chi connectivity index (χ4n) is 23.9. The molecule has 0 aromatic heterocycles. The summed E-state index contributed by atoms with van der Waals surface area (Å²) >= 11 is 4.28. The Morgan fingerprint density at radius 2 is 0.389 bits per heavy atom. The smallest absolute Gasteiger partial charge is 0.0520 e. The molecule has 1 aliphatic rings. The average Bonchev–Trinajstić information content (AvgIpc) is 1.54. The molecule has 149 heavy (non-hydrogen) atoms. The van der Waals surface area contributed by atoms with E-state index in [0.717, 1.165) is 35.6 Å². The second-order valence-electron chi connectivity index (χ2n) is 51.8. The van der Waals surface area contributed by atoms with E-state index in [1.165, 1.54) is 356 Å². The van der Waals surface area contributed by atoms with Gasteiger partial charge in [-0.05, 0) is 422 Å². The van der Waals surface area contributed by atoms with E-state index in [2.05, 4.69) is 473 Å². The average molecular weight is 2030 g/mol. The Balaban J connectivity index is 0.646. The predicted molar refractivity (Wildman–Crippen MR) is 663 cm³/mol. The molecule has 0 N–H and O–H groups in total. The van der Waals surface area contributed by atoms with Gasteiger partial charge >= 0.3 is 0 Å². The van der Waals surface area contributed by atoms with Gasteiger partial charge in [0.1, 0.15) is 0 Å². The summed E-state index contributed by atoms with van der Waals surface area (Å²) < 4.78 is 0. The molecule has 0 saturated heterocycles. The minimum absolute atomic E-state index is 0.0345. The first-order valence-corrected chi connectivity index (χ1v) is 60.2. The molecule has 798 valence electrons. The SMILES string of the molecule is CCCCCCCCC1(CCCCCCCC)c2cc(C)c(SCCCCCCCCc3ccc(N(c4ccc(N(c5c(C)cc(C(C)(C)C)cc5C)c5c(C)cc(C(C)(C)C)cc5C)cc4)c4c(C)cc(C(C)(C)C)cc4C)cc3)cc2-c2cc(SCCCCCCCCc3ccc(N(c4ccc(N(c5c(C)cc(C(C)(C)C)cc5C)c5c(C)cc(C(C)(C)C)cc5C)cc4)c4c(C)cc(C(C)(C)C)cc4C)cc3)c(C)cc21. The molecule has 0 atom stereocenters. The van der Waals surface area contributed by atoms with E-state index in [9.17, 15) is 0 Å². The molecule has 12 aromatic carbocycles. The Morgan fingerprint density at radius 3 is 0.611 bits per heavy atom. The second kappa shape index (κ2) is 50.2. The second-order valence-corrected chi connectivity index (χ2v) is 54.1. The lowest BCUT2D eigenvalue weighted by Crippen LogP contribution is -2.26. The van der Waals surface area contributed by atoms with Crippen molar-refractivity contribution in [1.29, 1.82) is 0 Å². The molecule has 0 radical (unpaired) electrons. The Morgan fingerprint density at radius 1 is 0.201 bits per heavy atom. The van der Waals surface area contributed by atoms with Crippen LogP contribution >= 0.6 is 23.5 Å². The zero-order chi connectivity index (χ0) is 108. The van der Waals surface area contributed by atoms with Crippen LogP contribution in [-0.4, -0.2) is 11.5 Å². The van der Waals surface area contributed by atoms with Crippen LogP contribution in [0.2, 0.25) is 0 Å². The number of hydrogen-bond donors (Lipinski definition) is 0. The summed E-state index contributed by atoms with van der Waals surface area (Å²) in [5.74, 6) is 2.35. The van der Waals surface area contributed by atoms with E-state index in [1.54, 1.807) is 22.3 Å². The van der Waals surface area contributed by atoms with Crippen LogP contribution in [0.15, 0.2) is 204 Å². The van der Waals surface area contributed by atoms with Crippen LogP contribution in [0.5, 0.6) is 0 Å². The minimum atomic E-state index is 0.0345. The molecule has 6 heteroatoms. The van der Waals surface area contributed by atoms with Gasteiger partial charge < -0.3 is 19.6 Å². The van der Waals surface area contributed by atoms with Gasteiger partial charge in [-0.1, -0.05) is 376 Å². The molecule has 0 amide bonds. The number of benzene rings is 12. The quantitative estimate of drug-likeness (QED) is 0.0277. The third-order valence-electron chi connectivity index (χ3n) is 32.7. The number of thioether (sulfide) groups is 2. The lowest BCUT2D eigenvalue weighted by atomic mass is 9.70. The van der Waals surface area contributed by atoms with Crippen molar-refractivity contribution in [3.63, 3.8) is 0 Å². The van der Waals surface area contributed by atoms with Crippen LogP contribution < -0.4 is 19.6 Å². The van der Waals surface area contributed by atoms with Crippen LogP contribution in [0, 0.1) is 96.9 Å². The molecule has 0 spiro atoms. The molecule has 0 bridgehead atoms. The topological polar surface area (TPSA) is 13.0 Å². The molecular weight excluding hydrogens is 1840 g/mol. The Labute approximate surface area is 917 Å². The summed E-state index contributed by atoms with van der Waals surface area (Å²) in [6.07, 6.45) is 36.0. The lowest BCUT2D eigenvalue weighted by molar-refractivity contribution is 0.397. The van der Waals surface area contributed by atoms with Crippen LogP contribution in [-0.2, 0) is 50.7 Å². The number of aryl methyl sites for hydroxylation is 16. The summed E-state index contributed by atoms with van der Waals surface area (Å²) in [7, 11) is 0. The molecule has 0 saturated carbocycles. The fourth-order valence-corrected chi connectivity index (χ4v) is 26.0. The van der Waals surface area contributed by atoms with Crippen molar-refractivity contribution in [3.8, 4) is 11.1 Å². The third-order valence-corrected chi connectivity index (χ3v) is 35.2. The van der Waals surface area contributed by atoms with Gasteiger partial charge in [0.05, 0.1) is 34.1 Å². The highest BCUT2D eigenvalue weighted by Crippen LogP contribution is 2.59. The van der Waals surface area contributed by atoms with E-state index in [-0.39, 0.29) is 37.9 Å². The van der Waals surface area contributed by atoms with Crippen molar-refractivity contribution in [2.75, 3.05) is 31.1 Å². The van der Waals surface area contributed by atoms with Crippen LogP contribution in [0.3, 0.4) is 0 Å². The van der Waals surface area contributed by atoms with Crippen molar-refractivity contribution in [2.45, 2.75) is 463 Å². The maximum absolute atomic E-state index is 2.72. The highest BCUT2D eigenvalue weighted by atomic mass is 32.2. The zero-order valence-electron chi connectivity index (χ0n) is 99.8. The zero-order valence-corrected chi connectivity index (χ0v) is 101. The number of fused-ring (bicyclic) bond motifs is 3. The molecule has 0 fully saturated rings. The van der Waals surface area contributed by atoms with Crippen LogP contribution in [0.1, 0.15) is 439 Å². The number of nitrogens with zero attached hydrogens (tertiary/aromatic N) is 4. The van der Waals surface area contributed by atoms with Gasteiger partial charge in [-0.25, -0.2) is 0 Å². The number of rotatable bonds is 46. The number of anilines is 12. The first kappa shape index (κ1) is 117. The first-order valence-electron chi connectivity index (χ1n) is 58.3. The van der Waals surface area contributed by atoms with Gasteiger partial charge in [0.2, 0.25) is 0 Å². The van der Waals surface area contributed by atoms with E-state index in [0.29, 0.717) is 0 Å². The fraction of sp³-hybridized carbons (Fsp3) is 0.497. The Bertz CT molecular complexity index is 5830. The van der Waals surface area contributed by atoms with Crippen molar-refractivity contribution in [1.82, 2.24) is 0 Å². The molecule has 13 rings (SSSR count). The number of unbranched alkanes of at least 4 members (excludes halogenated alkanes) is 20. The van der Waals surface area contributed by atoms with Crippen molar-refractivity contribution in [3.05, 3.63) is 328 Å². The minimum Gasteiger partial charge on any atom is -0.310 e. The maximum Gasteiger partial charge on any atom is 0.0520 e. The van der Waals surface area contributed by atoms with Gasteiger partial charge in [-0.15, -0.1) is 23.5 Å². The first-order chi connectivity index (χ1) is 70.4. The summed E-state index contributed by atoms with van der Waals surface area (Å²) in [6.45, 7) is 79.3. The molecule has 0 heterocycles. The highest BCUT2D eigenvalue weighted by Gasteiger charge is 2.44. The van der Waals surface area contributed by atoms with Gasteiger partial charge in [-0.2, -0.15) is 0 Å². The molecular formula is C143H194N4S2. The lowest BCUT2D eigenvalue weighted by Gasteiger charge is -2.34.